The summed E-state index contributed by atoms with van der Waals surface area (Å²) < 4.78 is 0. The Hall–Kier alpha value is -0.720. The average molecular weight is 122 g/mol. The first-order valence-corrected chi connectivity index (χ1v) is 3.27. The Kier molecular flexibility index (Phi) is 1.93. The Bertz CT molecular complexity index is 134. The van der Waals surface area contributed by atoms with Crippen molar-refractivity contribution in [2.24, 2.45) is 5.92 Å². The fourth-order valence-corrected chi connectivity index (χ4v) is 0.766. The van der Waals surface area contributed by atoms with Crippen molar-refractivity contribution in [1.82, 2.24) is 5.32 Å². The highest BCUT2D eigenvalue weighted by molar-refractivity contribution is 5.21. The molecule has 0 aromatic heterocycles. The molecule has 0 amide bonds. The molecule has 0 unspecified atom stereocenters. The van der Waals surface area contributed by atoms with Crippen LogP contribution < -0.4 is 5.32 Å². The van der Waals surface area contributed by atoms with E-state index >= 15 is 0 Å². The van der Waals surface area contributed by atoms with Crippen LogP contribution in [0.4, 0.5) is 0 Å². The Morgan fingerprint density at radius 3 is 2.44 bits per heavy atom. The Balaban J connectivity index is 2.46. The number of hydrogen-bond acceptors (Lipinski definition) is 1. The summed E-state index contributed by atoms with van der Waals surface area (Å²) in [5.41, 5.74) is 0. The number of hydrogen-bond donors (Lipinski definition) is 1. The van der Waals surface area contributed by atoms with Crippen LogP contribution in [0.1, 0.15) is 13.8 Å². The van der Waals surface area contributed by atoms with Gasteiger partial charge in [0.2, 0.25) is 0 Å². The van der Waals surface area contributed by atoms with Crippen LogP contribution in [0.15, 0.2) is 24.4 Å². The van der Waals surface area contributed by atoms with Gasteiger partial charge in [0, 0.05) is 0 Å². The second-order valence-electron chi connectivity index (χ2n) is 2.47. The van der Waals surface area contributed by atoms with E-state index in [-0.39, 0.29) is 0 Å². The molecule has 1 heterocycles. The van der Waals surface area contributed by atoms with Crippen LogP contribution in [0.25, 0.3) is 0 Å². The first-order valence-electron chi connectivity index (χ1n) is 3.27. The second kappa shape index (κ2) is 2.72. The van der Waals surface area contributed by atoms with Crippen LogP contribution in [0, 0.1) is 12.0 Å². The zero-order chi connectivity index (χ0) is 6.69. The smallest absolute Gasteiger partial charge is 0.0846 e. The third kappa shape index (κ3) is 1.60. The maximum Gasteiger partial charge on any atom is 0.0846 e. The molecule has 1 N–H and O–H groups in total. The van der Waals surface area contributed by atoms with Crippen molar-refractivity contribution < 1.29 is 0 Å². The Morgan fingerprint density at radius 2 is 2.11 bits per heavy atom. The summed E-state index contributed by atoms with van der Waals surface area (Å²) in [5, 5.41) is 3.17. The summed E-state index contributed by atoms with van der Waals surface area (Å²) in [5.74, 6) is 0.603. The summed E-state index contributed by atoms with van der Waals surface area (Å²) in [6, 6.07) is 1.29. The molecule has 1 heteroatoms. The van der Waals surface area contributed by atoms with E-state index < -0.39 is 0 Å². The topological polar surface area (TPSA) is 12.0 Å². The third-order valence-corrected chi connectivity index (χ3v) is 1.36. The van der Waals surface area contributed by atoms with Crippen molar-refractivity contribution in [3.8, 4) is 0 Å². The lowest BCUT2D eigenvalue weighted by Crippen LogP contribution is -2.19. The molecule has 0 fully saturated rings. The van der Waals surface area contributed by atoms with Gasteiger partial charge in [-0.25, -0.2) is 0 Å². The van der Waals surface area contributed by atoms with Gasteiger partial charge in [-0.2, -0.15) is 0 Å². The molecule has 49 valence electrons. The van der Waals surface area contributed by atoms with Gasteiger partial charge in [0.25, 0.3) is 0 Å². The molecule has 0 spiro atoms. The van der Waals surface area contributed by atoms with E-state index in [9.17, 15) is 0 Å². The summed E-state index contributed by atoms with van der Waals surface area (Å²) in [7, 11) is 0. The predicted octanol–water partition coefficient (Wildman–Crippen LogP) is 1.85. The molecule has 1 radical (unpaired) electrons. The molecule has 9 heavy (non-hydrogen) atoms. The van der Waals surface area contributed by atoms with Crippen molar-refractivity contribution >= 4 is 0 Å². The van der Waals surface area contributed by atoms with Crippen LogP contribution in [-0.4, -0.2) is 0 Å². The minimum absolute atomic E-state index is 0.603. The van der Waals surface area contributed by atoms with Crippen molar-refractivity contribution in [1.29, 1.82) is 0 Å². The lowest BCUT2D eigenvalue weighted by molar-refractivity contribution is 0.633. The van der Waals surface area contributed by atoms with Crippen LogP contribution in [0.5, 0.6) is 0 Å². The van der Waals surface area contributed by atoms with Crippen molar-refractivity contribution in [2.75, 3.05) is 0 Å². The maximum atomic E-state index is 3.17. The monoisotopic (exact) mass is 122 g/mol. The van der Waals surface area contributed by atoms with Gasteiger partial charge in [-0.3, -0.25) is 0 Å². The lowest BCUT2D eigenvalue weighted by Gasteiger charge is -2.17. The number of allylic oxidation sites excluding steroid dienone is 2. The predicted molar refractivity (Wildman–Crippen MR) is 39.5 cm³/mol. The summed E-state index contributed by atoms with van der Waals surface area (Å²) >= 11 is 0. The third-order valence-electron chi connectivity index (χ3n) is 1.36. The van der Waals surface area contributed by atoms with Gasteiger partial charge in [-0.05, 0) is 18.2 Å². The van der Waals surface area contributed by atoms with E-state index in [1.54, 1.807) is 0 Å². The van der Waals surface area contributed by atoms with Crippen LogP contribution in [0.2, 0.25) is 0 Å². The van der Waals surface area contributed by atoms with Gasteiger partial charge in [0.15, 0.2) is 0 Å². The fraction of sp³-hybridized carbons (Fsp3) is 0.375. The van der Waals surface area contributed by atoms with Gasteiger partial charge < -0.3 is 5.32 Å². The average Bonchev–Trinajstić information content (AvgIpc) is 1.90. The van der Waals surface area contributed by atoms with Crippen LogP contribution in [-0.2, 0) is 0 Å². The molecule has 1 aliphatic heterocycles. The lowest BCUT2D eigenvalue weighted by atomic mass is 10.0. The molecule has 0 saturated heterocycles. The Morgan fingerprint density at radius 1 is 1.33 bits per heavy atom. The highest BCUT2D eigenvalue weighted by Gasteiger charge is 2.08. The van der Waals surface area contributed by atoms with Gasteiger partial charge in [-0.1, -0.05) is 26.0 Å². The maximum absolute atomic E-state index is 3.17. The first kappa shape index (κ1) is 6.40. The standard InChI is InChI=1S/C8H12N/c1-7(2)8-5-3-4-6-9-8/h3-7,9H,1-2H3. The normalized spacial score (nSPS) is 18.6. The van der Waals surface area contributed by atoms with Crippen LogP contribution >= 0.6 is 0 Å². The van der Waals surface area contributed by atoms with E-state index in [0.29, 0.717) is 5.92 Å². The van der Waals surface area contributed by atoms with Gasteiger partial charge >= 0.3 is 0 Å². The zero-order valence-electron chi connectivity index (χ0n) is 5.89. The summed E-state index contributed by atoms with van der Waals surface area (Å²) in [6.07, 6.45) is 8.09. The number of rotatable bonds is 1. The van der Waals surface area contributed by atoms with Crippen molar-refractivity contribution in [3.63, 3.8) is 0 Å². The molecule has 1 nitrogen and oxygen atoms in total. The molecular formula is C8H12N. The highest BCUT2D eigenvalue weighted by Crippen LogP contribution is 2.13. The molecule has 0 atom stereocenters. The van der Waals surface area contributed by atoms with E-state index in [1.165, 1.54) is 6.04 Å². The minimum atomic E-state index is 0.603. The molecule has 0 aromatic rings. The SMILES string of the molecule is CC(C)[C]1C=CC=CN1. The summed E-state index contributed by atoms with van der Waals surface area (Å²) in [4.78, 5) is 0. The highest BCUT2D eigenvalue weighted by atomic mass is 14.9. The quantitative estimate of drug-likeness (QED) is 0.559. The molecule has 1 rings (SSSR count). The van der Waals surface area contributed by atoms with Crippen molar-refractivity contribution in [2.45, 2.75) is 13.8 Å². The molecule has 0 aromatic carbocycles. The molecular weight excluding hydrogens is 110 g/mol. The van der Waals surface area contributed by atoms with Gasteiger partial charge in [0.05, 0.1) is 6.04 Å². The van der Waals surface area contributed by atoms with E-state index in [1.807, 2.05) is 18.4 Å². The summed E-state index contributed by atoms with van der Waals surface area (Å²) in [6.45, 7) is 4.34. The molecule has 0 bridgehead atoms. The zero-order valence-corrected chi connectivity index (χ0v) is 5.89. The fourth-order valence-electron chi connectivity index (χ4n) is 0.766. The molecule has 1 aliphatic rings. The number of dihydropyridines is 1. The molecule has 0 aliphatic carbocycles. The minimum Gasteiger partial charge on any atom is -0.379 e. The molecule has 0 saturated carbocycles. The number of nitrogens with one attached hydrogen (secondary N) is 1. The largest absolute Gasteiger partial charge is 0.379 e. The van der Waals surface area contributed by atoms with Crippen molar-refractivity contribution in [3.05, 3.63) is 30.5 Å². The first-order chi connectivity index (χ1) is 4.30. The van der Waals surface area contributed by atoms with E-state index in [2.05, 4.69) is 25.2 Å². The van der Waals surface area contributed by atoms with E-state index in [4.69, 9.17) is 0 Å². The van der Waals surface area contributed by atoms with Crippen LogP contribution in [0.3, 0.4) is 0 Å². The van der Waals surface area contributed by atoms with E-state index in [0.717, 1.165) is 0 Å². The second-order valence-corrected chi connectivity index (χ2v) is 2.47. The van der Waals surface area contributed by atoms with Gasteiger partial charge in [0.1, 0.15) is 0 Å². The van der Waals surface area contributed by atoms with Gasteiger partial charge in [-0.15, -0.1) is 0 Å². The Labute approximate surface area is 56.5 Å².